The third kappa shape index (κ3) is 4.99. The highest BCUT2D eigenvalue weighted by Gasteiger charge is 2.29. The second-order valence-corrected chi connectivity index (χ2v) is 8.56. The molecule has 1 saturated heterocycles. The van der Waals surface area contributed by atoms with Crippen LogP contribution in [0.3, 0.4) is 0 Å². The van der Waals surface area contributed by atoms with Gasteiger partial charge in [-0.05, 0) is 66.2 Å². The van der Waals surface area contributed by atoms with Crippen LogP contribution in [0.2, 0.25) is 0 Å². The molecule has 0 spiro atoms. The highest BCUT2D eigenvalue weighted by molar-refractivity contribution is 7.10. The molecule has 1 atom stereocenters. The first-order valence-electron chi connectivity index (χ1n) is 10.2. The molecule has 31 heavy (non-hydrogen) atoms. The molecular weight excluding hydrogens is 418 g/mol. The van der Waals surface area contributed by atoms with Gasteiger partial charge in [0.15, 0.2) is 0 Å². The molecule has 2 amide bonds. The highest BCUT2D eigenvalue weighted by Crippen LogP contribution is 2.28. The van der Waals surface area contributed by atoms with Crippen LogP contribution in [0.1, 0.15) is 39.7 Å². The van der Waals surface area contributed by atoms with Crippen LogP contribution < -0.4 is 5.32 Å². The lowest BCUT2D eigenvalue weighted by molar-refractivity contribution is -0.126. The van der Waals surface area contributed by atoms with E-state index in [0.29, 0.717) is 31.5 Å². The van der Waals surface area contributed by atoms with Crippen LogP contribution >= 0.6 is 11.3 Å². The van der Waals surface area contributed by atoms with Crippen molar-refractivity contribution in [2.24, 2.45) is 5.92 Å². The molecule has 1 aliphatic rings. The van der Waals surface area contributed by atoms with Crippen LogP contribution in [-0.2, 0) is 4.79 Å². The molecule has 160 valence electrons. The third-order valence-corrected chi connectivity index (χ3v) is 6.50. The maximum atomic E-state index is 13.4. The van der Waals surface area contributed by atoms with Gasteiger partial charge >= 0.3 is 0 Å². The molecule has 3 aromatic rings. The number of benzene rings is 2. The minimum Gasteiger partial charge on any atom is -0.344 e. The minimum absolute atomic E-state index is 0.0726. The standard InChI is InChI=1S/C24H22F2N2O2S/c25-19-7-3-16(4-8-19)22(21-2-1-15-31-21)27-23(29)17-11-13-28(14-12-17)24(30)18-5-9-20(26)10-6-18/h1-10,15,17,22H,11-14H2,(H,27,29). The number of nitrogens with zero attached hydrogens (tertiary/aromatic N) is 1. The van der Waals surface area contributed by atoms with Gasteiger partial charge in [-0.15, -0.1) is 11.3 Å². The largest absolute Gasteiger partial charge is 0.344 e. The molecule has 1 aliphatic heterocycles. The van der Waals surface area contributed by atoms with Crippen molar-refractivity contribution in [2.75, 3.05) is 13.1 Å². The van der Waals surface area contributed by atoms with Crippen molar-refractivity contribution in [3.8, 4) is 0 Å². The van der Waals surface area contributed by atoms with Crippen LogP contribution in [-0.4, -0.2) is 29.8 Å². The first kappa shape index (κ1) is 21.2. The van der Waals surface area contributed by atoms with Crippen molar-refractivity contribution in [1.29, 1.82) is 0 Å². The van der Waals surface area contributed by atoms with Crippen molar-refractivity contribution >= 4 is 23.2 Å². The Bertz CT molecular complexity index is 1030. The summed E-state index contributed by atoms with van der Waals surface area (Å²) in [5.41, 5.74) is 1.26. The summed E-state index contributed by atoms with van der Waals surface area (Å²) in [6, 6.07) is 15.2. The molecular formula is C24H22F2N2O2S. The Morgan fingerprint density at radius 3 is 2.13 bits per heavy atom. The lowest BCUT2D eigenvalue weighted by atomic mass is 9.94. The molecule has 1 fully saturated rings. The maximum absolute atomic E-state index is 13.4. The number of nitrogens with one attached hydrogen (secondary N) is 1. The van der Waals surface area contributed by atoms with E-state index in [2.05, 4.69) is 5.32 Å². The summed E-state index contributed by atoms with van der Waals surface area (Å²) in [6.07, 6.45) is 1.11. The van der Waals surface area contributed by atoms with Gasteiger partial charge in [0.25, 0.3) is 5.91 Å². The van der Waals surface area contributed by atoms with Gasteiger partial charge in [0.1, 0.15) is 11.6 Å². The topological polar surface area (TPSA) is 49.4 Å². The second-order valence-electron chi connectivity index (χ2n) is 7.58. The molecule has 0 radical (unpaired) electrons. The monoisotopic (exact) mass is 440 g/mol. The highest BCUT2D eigenvalue weighted by atomic mass is 32.1. The van der Waals surface area contributed by atoms with Crippen molar-refractivity contribution in [2.45, 2.75) is 18.9 Å². The second kappa shape index (κ2) is 9.39. The molecule has 2 aromatic carbocycles. The summed E-state index contributed by atoms with van der Waals surface area (Å²) in [4.78, 5) is 28.3. The minimum atomic E-state index is -0.381. The fraction of sp³-hybridized carbons (Fsp3) is 0.250. The van der Waals surface area contributed by atoms with E-state index in [-0.39, 0.29) is 35.4 Å². The van der Waals surface area contributed by atoms with Crippen LogP contribution in [0.25, 0.3) is 0 Å². The zero-order chi connectivity index (χ0) is 21.8. The average Bonchev–Trinajstić information content (AvgIpc) is 3.33. The number of hydrogen-bond donors (Lipinski definition) is 1. The van der Waals surface area contributed by atoms with Gasteiger partial charge in [-0.25, -0.2) is 8.78 Å². The summed E-state index contributed by atoms with van der Waals surface area (Å²) in [7, 11) is 0. The fourth-order valence-corrected chi connectivity index (χ4v) is 4.61. The summed E-state index contributed by atoms with van der Waals surface area (Å²) in [5.74, 6) is -1.13. The number of carbonyl (C=O) groups excluding carboxylic acids is 2. The van der Waals surface area contributed by atoms with E-state index < -0.39 is 0 Å². The van der Waals surface area contributed by atoms with Crippen molar-refractivity contribution in [3.05, 3.63) is 93.7 Å². The Balaban J connectivity index is 1.40. The van der Waals surface area contributed by atoms with E-state index >= 15 is 0 Å². The maximum Gasteiger partial charge on any atom is 0.253 e. The van der Waals surface area contributed by atoms with Crippen LogP contribution in [0, 0.1) is 17.6 Å². The van der Waals surface area contributed by atoms with E-state index in [1.54, 1.807) is 17.0 Å². The van der Waals surface area contributed by atoms with E-state index in [1.165, 1.54) is 47.7 Å². The number of carbonyl (C=O) groups is 2. The number of hydrogen-bond acceptors (Lipinski definition) is 3. The predicted octanol–water partition coefficient (Wildman–Crippen LogP) is 4.78. The smallest absolute Gasteiger partial charge is 0.253 e. The predicted molar refractivity (Wildman–Crippen MR) is 116 cm³/mol. The molecule has 1 aromatic heterocycles. The van der Waals surface area contributed by atoms with Crippen molar-refractivity contribution < 1.29 is 18.4 Å². The Kier molecular flexibility index (Phi) is 6.42. The summed E-state index contributed by atoms with van der Waals surface area (Å²) in [6.45, 7) is 0.934. The number of piperidine rings is 1. The van der Waals surface area contributed by atoms with Gasteiger partial charge in [0.05, 0.1) is 6.04 Å². The lowest BCUT2D eigenvalue weighted by Gasteiger charge is -2.32. The van der Waals surface area contributed by atoms with E-state index in [9.17, 15) is 18.4 Å². The summed E-state index contributed by atoms with van der Waals surface area (Å²) < 4.78 is 26.4. The number of amides is 2. The van der Waals surface area contributed by atoms with E-state index in [1.807, 2.05) is 17.5 Å². The summed E-state index contributed by atoms with van der Waals surface area (Å²) >= 11 is 1.53. The van der Waals surface area contributed by atoms with Crippen molar-refractivity contribution in [1.82, 2.24) is 10.2 Å². The Labute approximate surface area is 183 Å². The Morgan fingerprint density at radius 1 is 0.935 bits per heavy atom. The number of halogens is 2. The first-order chi connectivity index (χ1) is 15.0. The zero-order valence-electron chi connectivity index (χ0n) is 16.8. The number of thiophene rings is 1. The Morgan fingerprint density at radius 2 is 1.55 bits per heavy atom. The van der Waals surface area contributed by atoms with E-state index in [0.717, 1.165) is 10.4 Å². The average molecular weight is 441 g/mol. The van der Waals surface area contributed by atoms with Crippen molar-refractivity contribution in [3.63, 3.8) is 0 Å². The first-order valence-corrected chi connectivity index (χ1v) is 11.0. The molecule has 4 rings (SSSR count). The molecule has 0 aliphatic carbocycles. The van der Waals surface area contributed by atoms with Crippen LogP contribution in [0.15, 0.2) is 66.0 Å². The fourth-order valence-electron chi connectivity index (χ4n) is 3.81. The molecule has 1 N–H and O–H groups in total. The number of rotatable bonds is 5. The normalized spacial score (nSPS) is 15.5. The van der Waals surface area contributed by atoms with Gasteiger partial charge in [0.2, 0.25) is 5.91 Å². The molecule has 0 bridgehead atoms. The van der Waals surface area contributed by atoms with Gasteiger partial charge in [-0.2, -0.15) is 0 Å². The molecule has 7 heteroatoms. The van der Waals surface area contributed by atoms with Crippen LogP contribution in [0.4, 0.5) is 8.78 Å². The zero-order valence-corrected chi connectivity index (χ0v) is 17.6. The lowest BCUT2D eigenvalue weighted by Crippen LogP contribution is -2.43. The molecule has 0 saturated carbocycles. The molecule has 2 heterocycles. The Hall–Kier alpha value is -3.06. The summed E-state index contributed by atoms with van der Waals surface area (Å²) in [5, 5.41) is 5.05. The van der Waals surface area contributed by atoms with E-state index in [4.69, 9.17) is 0 Å². The van der Waals surface area contributed by atoms with Gasteiger partial charge in [0, 0.05) is 29.4 Å². The van der Waals surface area contributed by atoms with Gasteiger partial charge in [-0.1, -0.05) is 18.2 Å². The quantitative estimate of drug-likeness (QED) is 0.621. The van der Waals surface area contributed by atoms with Gasteiger partial charge < -0.3 is 10.2 Å². The number of likely N-dealkylation sites (tertiary alicyclic amines) is 1. The third-order valence-electron chi connectivity index (χ3n) is 5.56. The molecule has 1 unspecified atom stereocenters. The SMILES string of the molecule is O=C(NC(c1ccc(F)cc1)c1cccs1)C1CCN(C(=O)c2ccc(F)cc2)CC1. The van der Waals surface area contributed by atoms with Gasteiger partial charge in [-0.3, -0.25) is 9.59 Å². The van der Waals surface area contributed by atoms with Crippen LogP contribution in [0.5, 0.6) is 0 Å². The molecule has 4 nitrogen and oxygen atoms in total.